The number of hydrogen-bond donors (Lipinski definition) is 1. The predicted molar refractivity (Wildman–Crippen MR) is 107 cm³/mol. The highest BCUT2D eigenvalue weighted by molar-refractivity contribution is 6.30. The summed E-state index contributed by atoms with van der Waals surface area (Å²) in [7, 11) is 0. The fourth-order valence-corrected chi connectivity index (χ4v) is 2.43. The van der Waals surface area contributed by atoms with Crippen molar-refractivity contribution in [3.8, 4) is 11.5 Å². The molecule has 0 fully saturated rings. The van der Waals surface area contributed by atoms with E-state index in [2.05, 4.69) is 5.32 Å². The van der Waals surface area contributed by atoms with E-state index in [0.717, 1.165) is 0 Å². The molecule has 2 aromatic carbocycles. The molecule has 29 heavy (non-hydrogen) atoms. The van der Waals surface area contributed by atoms with Gasteiger partial charge in [-0.1, -0.05) is 11.6 Å². The van der Waals surface area contributed by atoms with Crippen LogP contribution in [0.3, 0.4) is 0 Å². The van der Waals surface area contributed by atoms with Gasteiger partial charge in [-0.3, -0.25) is 14.9 Å². The molecule has 1 atom stereocenters. The molecule has 0 spiro atoms. The third-order valence-electron chi connectivity index (χ3n) is 3.59. The summed E-state index contributed by atoms with van der Waals surface area (Å²) in [5, 5.41) is 14.1. The smallest absolute Gasteiger partial charge is 0.338 e. The summed E-state index contributed by atoms with van der Waals surface area (Å²) >= 11 is 5.78. The zero-order valence-corrected chi connectivity index (χ0v) is 17.1. The lowest BCUT2D eigenvalue weighted by Gasteiger charge is -2.23. The third-order valence-corrected chi connectivity index (χ3v) is 3.82. The molecule has 0 saturated carbocycles. The van der Waals surface area contributed by atoms with Crippen LogP contribution in [0.5, 0.6) is 11.5 Å². The second-order valence-corrected chi connectivity index (χ2v) is 7.72. The van der Waals surface area contributed by atoms with Gasteiger partial charge in [0.2, 0.25) is 5.75 Å². The Labute approximate surface area is 172 Å². The highest BCUT2D eigenvalue weighted by Gasteiger charge is 2.23. The average Bonchev–Trinajstić information content (AvgIpc) is 2.62. The number of carbonyl (C=O) groups is 2. The lowest BCUT2D eigenvalue weighted by atomic mass is 10.1. The first kappa shape index (κ1) is 22.2. The second-order valence-electron chi connectivity index (χ2n) is 7.28. The molecule has 0 aliphatic heterocycles. The molecular weight excluding hydrogens is 400 g/mol. The summed E-state index contributed by atoms with van der Waals surface area (Å²) in [6.45, 7) is 6.95. The first-order chi connectivity index (χ1) is 13.5. The van der Waals surface area contributed by atoms with Gasteiger partial charge in [-0.05, 0) is 64.1 Å². The molecule has 154 valence electrons. The molecule has 0 bridgehead atoms. The van der Waals surface area contributed by atoms with Crippen LogP contribution in [-0.4, -0.2) is 28.4 Å². The van der Waals surface area contributed by atoms with Crippen molar-refractivity contribution < 1.29 is 24.0 Å². The monoisotopic (exact) mass is 420 g/mol. The number of rotatable bonds is 6. The van der Waals surface area contributed by atoms with E-state index in [-0.39, 0.29) is 27.8 Å². The molecular formula is C20H21ClN2O6. The number of benzene rings is 2. The van der Waals surface area contributed by atoms with Crippen LogP contribution in [-0.2, 0) is 9.53 Å². The van der Waals surface area contributed by atoms with Gasteiger partial charge in [-0.25, -0.2) is 4.79 Å². The molecule has 1 N–H and O–H groups in total. The summed E-state index contributed by atoms with van der Waals surface area (Å²) in [4.78, 5) is 34.8. The largest absolute Gasteiger partial charge is 0.450 e. The molecule has 0 saturated heterocycles. The predicted octanol–water partition coefficient (Wildman–Crippen LogP) is 4.50. The molecule has 9 heteroatoms. The van der Waals surface area contributed by atoms with Crippen molar-refractivity contribution >= 4 is 29.2 Å². The van der Waals surface area contributed by atoms with Crippen molar-refractivity contribution in [2.75, 3.05) is 0 Å². The van der Waals surface area contributed by atoms with Gasteiger partial charge in [-0.2, -0.15) is 0 Å². The highest BCUT2D eigenvalue weighted by atomic mass is 35.5. The van der Waals surface area contributed by atoms with E-state index in [0.29, 0.717) is 0 Å². The Bertz CT molecular complexity index is 922. The number of nitro groups is 1. The second kappa shape index (κ2) is 8.91. The van der Waals surface area contributed by atoms with Crippen LogP contribution in [0.2, 0.25) is 5.02 Å². The van der Waals surface area contributed by atoms with Crippen molar-refractivity contribution in [1.29, 1.82) is 0 Å². The zero-order chi connectivity index (χ0) is 21.8. The maximum absolute atomic E-state index is 12.2. The molecule has 0 unspecified atom stereocenters. The van der Waals surface area contributed by atoms with Gasteiger partial charge >= 0.3 is 11.7 Å². The normalized spacial score (nSPS) is 12.0. The van der Waals surface area contributed by atoms with Gasteiger partial charge < -0.3 is 14.8 Å². The number of nitrogens with one attached hydrogen (secondary N) is 1. The number of nitro benzene ring substituents is 1. The molecule has 0 aromatic heterocycles. The first-order valence-corrected chi connectivity index (χ1v) is 9.09. The molecule has 0 radical (unpaired) electrons. The molecule has 8 nitrogen and oxygen atoms in total. The Hall–Kier alpha value is -3.13. The van der Waals surface area contributed by atoms with E-state index in [1.807, 2.05) is 20.8 Å². The van der Waals surface area contributed by atoms with Crippen LogP contribution >= 0.6 is 11.6 Å². The lowest BCUT2D eigenvalue weighted by Crippen LogP contribution is -2.46. The van der Waals surface area contributed by atoms with E-state index in [1.165, 1.54) is 49.4 Å². The molecule has 2 aromatic rings. The number of carbonyl (C=O) groups excluding carboxylic acids is 2. The maximum Gasteiger partial charge on any atom is 0.338 e. The Kier molecular flexibility index (Phi) is 6.81. The highest BCUT2D eigenvalue weighted by Crippen LogP contribution is 2.33. The minimum atomic E-state index is -0.964. The average molecular weight is 421 g/mol. The molecule has 2 rings (SSSR count). The van der Waals surface area contributed by atoms with E-state index in [4.69, 9.17) is 21.1 Å². The van der Waals surface area contributed by atoms with Crippen molar-refractivity contribution in [1.82, 2.24) is 5.32 Å². The number of ether oxygens (including phenoxy) is 2. The molecule has 0 heterocycles. The minimum Gasteiger partial charge on any atom is -0.450 e. The van der Waals surface area contributed by atoms with Crippen LogP contribution in [0.4, 0.5) is 5.69 Å². The van der Waals surface area contributed by atoms with Crippen molar-refractivity contribution in [2.24, 2.45) is 0 Å². The van der Waals surface area contributed by atoms with Crippen LogP contribution < -0.4 is 10.1 Å². The lowest BCUT2D eigenvalue weighted by molar-refractivity contribution is -0.385. The number of amides is 1. The fourth-order valence-electron chi connectivity index (χ4n) is 2.26. The number of halogens is 1. The van der Waals surface area contributed by atoms with Crippen molar-refractivity contribution in [3.63, 3.8) is 0 Å². The van der Waals surface area contributed by atoms with Gasteiger partial charge in [0.15, 0.2) is 6.10 Å². The maximum atomic E-state index is 12.2. The van der Waals surface area contributed by atoms with Gasteiger partial charge in [0.25, 0.3) is 5.91 Å². The van der Waals surface area contributed by atoms with E-state index < -0.39 is 28.4 Å². The quantitative estimate of drug-likeness (QED) is 0.418. The van der Waals surface area contributed by atoms with Gasteiger partial charge in [-0.15, -0.1) is 0 Å². The molecule has 1 amide bonds. The van der Waals surface area contributed by atoms with E-state index in [1.54, 1.807) is 0 Å². The van der Waals surface area contributed by atoms with Crippen molar-refractivity contribution in [3.05, 3.63) is 63.2 Å². The first-order valence-electron chi connectivity index (χ1n) is 8.71. The summed E-state index contributed by atoms with van der Waals surface area (Å²) in [6.07, 6.45) is -0.964. The topological polar surface area (TPSA) is 108 Å². The SMILES string of the molecule is C[C@@H](OC(=O)c1ccc(Oc2ccc(Cl)cc2[N+](=O)[O-])cc1)C(=O)NC(C)(C)C. The molecule has 0 aliphatic carbocycles. The van der Waals surface area contributed by atoms with Gasteiger partial charge in [0.05, 0.1) is 10.5 Å². The summed E-state index contributed by atoms with van der Waals surface area (Å²) in [5.41, 5.74) is -0.515. The Morgan fingerprint density at radius 3 is 2.31 bits per heavy atom. The van der Waals surface area contributed by atoms with Gasteiger partial charge in [0.1, 0.15) is 5.75 Å². The zero-order valence-electron chi connectivity index (χ0n) is 16.4. The third kappa shape index (κ3) is 6.46. The van der Waals surface area contributed by atoms with E-state index in [9.17, 15) is 19.7 Å². The minimum absolute atomic E-state index is 0.0159. The fraction of sp³-hybridized carbons (Fsp3) is 0.300. The van der Waals surface area contributed by atoms with Crippen LogP contribution in [0.25, 0.3) is 0 Å². The molecule has 0 aliphatic rings. The Morgan fingerprint density at radius 2 is 1.76 bits per heavy atom. The summed E-state index contributed by atoms with van der Waals surface area (Å²) in [6, 6.07) is 9.86. The van der Waals surface area contributed by atoms with Crippen LogP contribution in [0.15, 0.2) is 42.5 Å². The number of hydrogen-bond acceptors (Lipinski definition) is 6. The summed E-state index contributed by atoms with van der Waals surface area (Å²) < 4.78 is 10.7. The van der Waals surface area contributed by atoms with Crippen molar-refractivity contribution in [2.45, 2.75) is 39.3 Å². The Morgan fingerprint density at radius 1 is 1.14 bits per heavy atom. The van der Waals surface area contributed by atoms with Crippen LogP contribution in [0.1, 0.15) is 38.1 Å². The number of nitrogens with zero attached hydrogens (tertiary/aromatic N) is 1. The summed E-state index contributed by atoms with van der Waals surface area (Å²) in [5.74, 6) is -0.779. The standard InChI is InChI=1S/C20H21ClN2O6/c1-12(18(24)22-20(2,3)4)28-19(25)13-5-8-15(9-6-13)29-17-10-7-14(21)11-16(17)23(26)27/h5-12H,1-4H3,(H,22,24)/t12-/m1/s1. The Balaban J connectivity index is 2.06. The van der Waals surface area contributed by atoms with E-state index >= 15 is 0 Å². The number of esters is 1. The van der Waals surface area contributed by atoms with Crippen LogP contribution in [0, 0.1) is 10.1 Å². The van der Waals surface area contributed by atoms with Gasteiger partial charge in [0, 0.05) is 16.6 Å².